The van der Waals surface area contributed by atoms with Crippen LogP contribution in [0.4, 0.5) is 0 Å². The van der Waals surface area contributed by atoms with Crippen LogP contribution in [0.25, 0.3) is 11.4 Å². The maximum absolute atomic E-state index is 11.8. The monoisotopic (exact) mass is 370 g/mol. The lowest BCUT2D eigenvalue weighted by molar-refractivity contribution is -0.129. The average molecular weight is 371 g/mol. The molecular weight excluding hydrogens is 348 g/mol. The first-order valence-electron chi connectivity index (χ1n) is 9.15. The van der Waals surface area contributed by atoms with Crippen LogP contribution in [0, 0.1) is 5.92 Å². The fraction of sp³-hybridized carbons (Fsp3) is 0.450. The van der Waals surface area contributed by atoms with Crippen LogP contribution in [0.1, 0.15) is 25.3 Å². The van der Waals surface area contributed by atoms with E-state index in [4.69, 9.17) is 11.6 Å². The van der Waals surface area contributed by atoms with Crippen LogP contribution in [0.15, 0.2) is 36.7 Å². The molecule has 136 valence electrons. The van der Waals surface area contributed by atoms with E-state index in [1.54, 1.807) is 6.92 Å². The Bertz CT molecular complexity index is 777. The summed E-state index contributed by atoms with van der Waals surface area (Å²) in [6.45, 7) is 5.31. The molecule has 5 nitrogen and oxygen atoms in total. The maximum Gasteiger partial charge on any atom is 0.219 e. The highest BCUT2D eigenvalue weighted by molar-refractivity contribution is 6.30. The highest BCUT2D eigenvalue weighted by atomic mass is 35.5. The number of fused-ring (bicyclic) bond motifs is 4. The van der Waals surface area contributed by atoms with Gasteiger partial charge in [0.15, 0.2) is 5.82 Å². The van der Waals surface area contributed by atoms with Crippen LogP contribution in [0.2, 0.25) is 5.02 Å². The molecule has 3 fully saturated rings. The molecule has 0 radical (unpaired) electrons. The number of piperidine rings is 1. The number of halogens is 1. The van der Waals surface area contributed by atoms with Gasteiger partial charge in [-0.1, -0.05) is 11.6 Å². The first-order chi connectivity index (χ1) is 12.6. The third kappa shape index (κ3) is 3.74. The van der Waals surface area contributed by atoms with Crippen LogP contribution >= 0.6 is 11.6 Å². The second-order valence-corrected chi connectivity index (χ2v) is 7.81. The Hall–Kier alpha value is -1.98. The Kier molecular flexibility index (Phi) is 4.92. The van der Waals surface area contributed by atoms with E-state index in [2.05, 4.69) is 14.9 Å². The summed E-state index contributed by atoms with van der Waals surface area (Å²) in [5.41, 5.74) is 2.08. The molecule has 1 aromatic heterocycles. The van der Waals surface area contributed by atoms with E-state index < -0.39 is 0 Å². The first kappa shape index (κ1) is 17.4. The van der Waals surface area contributed by atoms with Gasteiger partial charge in [-0.05, 0) is 43.0 Å². The minimum Gasteiger partial charge on any atom is -0.341 e. The largest absolute Gasteiger partial charge is 0.341 e. The number of benzene rings is 1. The van der Waals surface area contributed by atoms with Crippen molar-refractivity contribution in [1.82, 2.24) is 19.8 Å². The quantitative estimate of drug-likeness (QED) is 0.832. The van der Waals surface area contributed by atoms with Crippen molar-refractivity contribution in [3.63, 3.8) is 0 Å². The van der Waals surface area contributed by atoms with E-state index in [-0.39, 0.29) is 5.91 Å². The third-order valence-electron chi connectivity index (χ3n) is 5.47. The molecule has 5 rings (SSSR count). The van der Waals surface area contributed by atoms with Gasteiger partial charge in [0.1, 0.15) is 0 Å². The number of nitrogens with zero attached hydrogens (tertiary/aromatic N) is 4. The number of hydrogen-bond acceptors (Lipinski definition) is 4. The van der Waals surface area contributed by atoms with Crippen LogP contribution < -0.4 is 0 Å². The summed E-state index contributed by atoms with van der Waals surface area (Å²) in [6.07, 6.45) is 6.21. The average Bonchev–Trinajstić information content (AvgIpc) is 2.95. The predicted molar refractivity (Wildman–Crippen MR) is 102 cm³/mol. The lowest BCUT2D eigenvalue weighted by atomic mass is 9.95. The van der Waals surface area contributed by atoms with Crippen molar-refractivity contribution >= 4 is 17.5 Å². The van der Waals surface area contributed by atoms with Gasteiger partial charge < -0.3 is 4.90 Å². The number of carbonyl (C=O) groups excluding carboxylic acids is 1. The Morgan fingerprint density at radius 1 is 1.12 bits per heavy atom. The van der Waals surface area contributed by atoms with Crippen LogP contribution in [-0.2, 0) is 11.3 Å². The third-order valence-corrected chi connectivity index (χ3v) is 5.72. The first-order valence-corrected chi connectivity index (χ1v) is 9.52. The van der Waals surface area contributed by atoms with Gasteiger partial charge >= 0.3 is 0 Å². The number of carbonyl (C=O) groups is 1. The summed E-state index contributed by atoms with van der Waals surface area (Å²) < 4.78 is 0. The minimum absolute atomic E-state index is 0.194. The van der Waals surface area contributed by atoms with E-state index >= 15 is 0 Å². The normalized spacial score (nSPS) is 23.1. The molecule has 2 atom stereocenters. The van der Waals surface area contributed by atoms with Crippen molar-refractivity contribution in [1.29, 1.82) is 0 Å². The summed E-state index contributed by atoms with van der Waals surface area (Å²) >= 11 is 5.94. The lowest BCUT2D eigenvalue weighted by Crippen LogP contribution is -2.43. The van der Waals surface area contributed by atoms with Crippen molar-refractivity contribution in [3.8, 4) is 11.4 Å². The summed E-state index contributed by atoms with van der Waals surface area (Å²) in [6, 6.07) is 8.00. The fourth-order valence-electron chi connectivity index (χ4n) is 4.05. The van der Waals surface area contributed by atoms with Crippen molar-refractivity contribution < 1.29 is 4.79 Å². The molecule has 6 heteroatoms. The number of rotatable bonds is 3. The summed E-state index contributed by atoms with van der Waals surface area (Å²) in [5.74, 6) is 1.48. The molecule has 0 aliphatic carbocycles. The van der Waals surface area contributed by atoms with Gasteiger partial charge in [0.05, 0.1) is 0 Å². The number of aromatic nitrogens is 2. The molecule has 3 saturated heterocycles. The Morgan fingerprint density at radius 3 is 2.54 bits per heavy atom. The molecule has 0 unspecified atom stereocenters. The second kappa shape index (κ2) is 7.33. The SMILES string of the molecule is CC(=O)N1C[C@@H]2CC[C@H](C1)N(Cc1cnc(-c3ccc(Cl)cc3)nc1)C2. The zero-order valence-corrected chi connectivity index (χ0v) is 15.7. The van der Waals surface area contributed by atoms with Gasteiger partial charge in [0.25, 0.3) is 0 Å². The number of hydrogen-bond donors (Lipinski definition) is 0. The zero-order chi connectivity index (χ0) is 18.1. The zero-order valence-electron chi connectivity index (χ0n) is 14.9. The highest BCUT2D eigenvalue weighted by Gasteiger charge is 2.35. The van der Waals surface area contributed by atoms with E-state index in [9.17, 15) is 4.79 Å². The molecular formula is C20H23ClN4O. The van der Waals surface area contributed by atoms with Gasteiger partial charge in [0, 0.05) is 67.7 Å². The molecule has 0 spiro atoms. The predicted octanol–water partition coefficient (Wildman–Crippen LogP) is 3.24. The van der Waals surface area contributed by atoms with E-state index in [1.807, 2.05) is 41.6 Å². The summed E-state index contributed by atoms with van der Waals surface area (Å²) in [4.78, 5) is 25.4. The molecule has 0 N–H and O–H groups in total. The van der Waals surface area contributed by atoms with Crippen molar-refractivity contribution in [2.24, 2.45) is 5.92 Å². The molecule has 2 bridgehead atoms. The van der Waals surface area contributed by atoms with E-state index in [1.165, 1.54) is 6.42 Å². The maximum atomic E-state index is 11.8. The molecule has 4 heterocycles. The second-order valence-electron chi connectivity index (χ2n) is 7.37. The van der Waals surface area contributed by atoms with Crippen molar-refractivity contribution in [2.75, 3.05) is 19.6 Å². The van der Waals surface area contributed by atoms with Crippen LogP contribution in [0.3, 0.4) is 0 Å². The van der Waals surface area contributed by atoms with Crippen LogP contribution in [-0.4, -0.2) is 51.4 Å². The van der Waals surface area contributed by atoms with Gasteiger partial charge in [-0.2, -0.15) is 0 Å². The molecule has 2 aromatic rings. The molecule has 26 heavy (non-hydrogen) atoms. The van der Waals surface area contributed by atoms with Crippen LogP contribution in [0.5, 0.6) is 0 Å². The minimum atomic E-state index is 0.194. The highest BCUT2D eigenvalue weighted by Crippen LogP contribution is 2.29. The van der Waals surface area contributed by atoms with E-state index in [0.29, 0.717) is 22.8 Å². The summed E-state index contributed by atoms with van der Waals surface area (Å²) in [7, 11) is 0. The Morgan fingerprint density at radius 2 is 1.85 bits per heavy atom. The topological polar surface area (TPSA) is 49.3 Å². The molecule has 1 amide bonds. The Balaban J connectivity index is 1.46. The van der Waals surface area contributed by atoms with Gasteiger partial charge in [-0.25, -0.2) is 9.97 Å². The van der Waals surface area contributed by atoms with Crippen molar-refractivity contribution in [3.05, 3.63) is 47.2 Å². The smallest absolute Gasteiger partial charge is 0.219 e. The van der Waals surface area contributed by atoms with Gasteiger partial charge in [-0.15, -0.1) is 0 Å². The Labute approximate surface area is 159 Å². The fourth-order valence-corrected chi connectivity index (χ4v) is 4.17. The van der Waals surface area contributed by atoms with E-state index in [0.717, 1.165) is 43.7 Å². The van der Waals surface area contributed by atoms with Crippen molar-refractivity contribution in [2.45, 2.75) is 32.4 Å². The summed E-state index contributed by atoms with van der Waals surface area (Å²) in [5, 5.41) is 0.709. The standard InChI is InChI=1S/C20H23ClN4O/c1-14(26)24-10-15-2-7-19(13-24)25(11-15)12-16-8-22-20(23-9-16)17-3-5-18(21)6-4-17/h3-6,8-9,15,19H,2,7,10-13H2,1H3/t15-,19+/m0/s1. The molecule has 3 aliphatic rings. The lowest BCUT2D eigenvalue weighted by Gasteiger charge is -2.35. The van der Waals surface area contributed by atoms with Gasteiger partial charge in [0.2, 0.25) is 5.91 Å². The molecule has 3 aliphatic heterocycles. The molecule has 0 saturated carbocycles. The van der Waals surface area contributed by atoms with Gasteiger partial charge in [-0.3, -0.25) is 9.69 Å². The molecule has 1 aromatic carbocycles. The number of amides is 1.